The Labute approximate surface area is 222 Å². The number of Topliss-reactive ketones (excluding diaryl/α,β-unsaturated/α-hetero) is 1. The zero-order chi connectivity index (χ0) is 26.7. The molecule has 9 heteroatoms. The van der Waals surface area contributed by atoms with E-state index in [4.69, 9.17) is 0 Å². The number of hydrogen-bond donors (Lipinski definition) is 1. The van der Waals surface area contributed by atoms with Gasteiger partial charge in [0.2, 0.25) is 5.91 Å². The maximum atomic E-state index is 13.7. The number of nitrogens with one attached hydrogen (secondary N) is 1. The first-order chi connectivity index (χ1) is 17.7. The van der Waals surface area contributed by atoms with Crippen molar-refractivity contribution in [2.75, 3.05) is 31.1 Å². The van der Waals surface area contributed by atoms with Crippen LogP contribution in [-0.4, -0.2) is 77.6 Å². The number of ketones is 1. The predicted octanol–water partition coefficient (Wildman–Crippen LogP) is 3.43. The highest BCUT2D eigenvalue weighted by atomic mass is 32.1. The van der Waals surface area contributed by atoms with Crippen LogP contribution in [0.3, 0.4) is 0 Å². The number of fused-ring (bicyclic) bond motifs is 1. The van der Waals surface area contributed by atoms with E-state index in [1.54, 1.807) is 33.4 Å². The smallest absolute Gasteiger partial charge is 0.255 e. The van der Waals surface area contributed by atoms with E-state index in [-0.39, 0.29) is 42.0 Å². The fourth-order valence-electron chi connectivity index (χ4n) is 5.44. The summed E-state index contributed by atoms with van der Waals surface area (Å²) in [6.45, 7) is 10.3. The molecule has 198 valence electrons. The summed E-state index contributed by atoms with van der Waals surface area (Å²) in [6.07, 6.45) is 1.01. The second-order valence-corrected chi connectivity index (χ2v) is 10.9. The first kappa shape index (κ1) is 26.9. The summed E-state index contributed by atoms with van der Waals surface area (Å²) in [5.74, 6) is -0.702. The van der Waals surface area contributed by atoms with Crippen molar-refractivity contribution in [2.24, 2.45) is 5.92 Å². The minimum atomic E-state index is -0.747. The first-order valence-electron chi connectivity index (χ1n) is 13.1. The van der Waals surface area contributed by atoms with E-state index in [2.05, 4.69) is 24.1 Å². The average molecular weight is 525 g/mol. The third-order valence-corrected chi connectivity index (χ3v) is 7.99. The lowest BCUT2D eigenvalue weighted by Gasteiger charge is -2.29. The number of anilines is 1. The van der Waals surface area contributed by atoms with Gasteiger partial charge >= 0.3 is 0 Å². The van der Waals surface area contributed by atoms with Crippen molar-refractivity contribution in [3.8, 4) is 0 Å². The largest absolute Gasteiger partial charge is 0.372 e. The number of rotatable bonds is 9. The number of carbonyl (C=O) groups is 4. The lowest BCUT2D eigenvalue weighted by molar-refractivity contribution is -0.138. The van der Waals surface area contributed by atoms with E-state index in [9.17, 15) is 19.2 Å². The third kappa shape index (κ3) is 5.56. The van der Waals surface area contributed by atoms with E-state index in [0.717, 1.165) is 18.8 Å². The topological polar surface area (TPSA) is 90.0 Å². The average Bonchev–Trinajstić information content (AvgIpc) is 3.63. The van der Waals surface area contributed by atoms with Gasteiger partial charge in [-0.1, -0.05) is 13.8 Å². The summed E-state index contributed by atoms with van der Waals surface area (Å²) < 4.78 is 0. The zero-order valence-electron chi connectivity index (χ0n) is 22.0. The summed E-state index contributed by atoms with van der Waals surface area (Å²) in [7, 11) is 0. The molecule has 0 radical (unpaired) electrons. The van der Waals surface area contributed by atoms with Gasteiger partial charge in [-0.05, 0) is 68.3 Å². The number of benzene rings is 1. The molecule has 4 rings (SSSR count). The van der Waals surface area contributed by atoms with E-state index < -0.39 is 12.1 Å². The van der Waals surface area contributed by atoms with Crippen molar-refractivity contribution in [3.63, 3.8) is 0 Å². The molecular weight excluding hydrogens is 488 g/mol. The molecule has 0 bridgehead atoms. The van der Waals surface area contributed by atoms with Crippen LogP contribution in [-0.2, 0) is 9.59 Å². The highest BCUT2D eigenvalue weighted by molar-refractivity contribution is 7.08. The van der Waals surface area contributed by atoms with Crippen molar-refractivity contribution >= 4 is 40.5 Å². The molecule has 1 N–H and O–H groups in total. The van der Waals surface area contributed by atoms with Gasteiger partial charge in [-0.25, -0.2) is 0 Å². The number of carbonyl (C=O) groups excluding carboxylic acids is 4. The van der Waals surface area contributed by atoms with Crippen LogP contribution in [0.5, 0.6) is 0 Å². The molecule has 8 nitrogen and oxygen atoms in total. The van der Waals surface area contributed by atoms with Crippen molar-refractivity contribution < 1.29 is 19.2 Å². The van der Waals surface area contributed by atoms with Crippen LogP contribution in [0, 0.1) is 5.92 Å². The number of hydrogen-bond acceptors (Lipinski definition) is 6. The Balaban J connectivity index is 1.48. The van der Waals surface area contributed by atoms with Gasteiger partial charge in [0.1, 0.15) is 12.1 Å². The Kier molecular flexibility index (Phi) is 8.32. The van der Waals surface area contributed by atoms with Crippen LogP contribution >= 0.6 is 11.3 Å². The maximum Gasteiger partial charge on any atom is 0.255 e. The Bertz CT molecular complexity index is 1130. The molecule has 2 aliphatic rings. The van der Waals surface area contributed by atoms with Crippen molar-refractivity contribution in [2.45, 2.75) is 58.7 Å². The molecule has 0 saturated carbocycles. The first-order valence-corrected chi connectivity index (χ1v) is 14.0. The van der Waals surface area contributed by atoms with Crippen LogP contribution < -0.4 is 10.2 Å². The summed E-state index contributed by atoms with van der Waals surface area (Å²) >= 11 is 1.44. The van der Waals surface area contributed by atoms with Crippen LogP contribution in [0.2, 0.25) is 0 Å². The minimum Gasteiger partial charge on any atom is -0.372 e. The molecular formula is C28H36N4O4S. The molecule has 2 saturated heterocycles. The minimum absolute atomic E-state index is 0.00782. The van der Waals surface area contributed by atoms with Gasteiger partial charge in [0.05, 0.1) is 18.2 Å². The SMILES string of the molecule is CCN(CC)c1ccc(C(=O)NC(CC(C)C)C(=O)N2CCC3C2C(=O)CN3C(=O)c2ccsc2)cc1. The van der Waals surface area contributed by atoms with Gasteiger partial charge in [0.15, 0.2) is 5.78 Å². The summed E-state index contributed by atoms with van der Waals surface area (Å²) in [6, 6.07) is 7.42. The zero-order valence-corrected chi connectivity index (χ0v) is 22.8. The number of thiophene rings is 1. The van der Waals surface area contributed by atoms with Gasteiger partial charge in [0.25, 0.3) is 11.8 Å². The highest BCUT2D eigenvalue weighted by Gasteiger charge is 2.52. The second-order valence-electron chi connectivity index (χ2n) is 10.1. The van der Waals surface area contributed by atoms with Crippen LogP contribution in [0.4, 0.5) is 5.69 Å². The van der Waals surface area contributed by atoms with E-state index in [1.807, 2.05) is 31.4 Å². The fourth-order valence-corrected chi connectivity index (χ4v) is 6.07. The number of nitrogens with zero attached hydrogens (tertiary/aromatic N) is 3. The molecule has 3 unspecified atom stereocenters. The van der Waals surface area contributed by atoms with Gasteiger partial charge < -0.3 is 20.0 Å². The molecule has 2 aromatic rings. The molecule has 0 spiro atoms. The fraction of sp³-hybridized carbons (Fsp3) is 0.500. The van der Waals surface area contributed by atoms with Crippen molar-refractivity contribution in [1.82, 2.24) is 15.1 Å². The Morgan fingerprint density at radius 1 is 1.05 bits per heavy atom. The molecule has 3 amide bonds. The quantitative estimate of drug-likeness (QED) is 0.543. The maximum absolute atomic E-state index is 13.7. The molecule has 1 aromatic heterocycles. The molecule has 1 aromatic carbocycles. The van der Waals surface area contributed by atoms with Crippen molar-refractivity contribution in [1.29, 1.82) is 0 Å². The monoisotopic (exact) mass is 524 g/mol. The second kappa shape index (κ2) is 11.5. The summed E-state index contributed by atoms with van der Waals surface area (Å²) in [4.78, 5) is 58.2. The van der Waals surface area contributed by atoms with Gasteiger partial charge in [0, 0.05) is 36.3 Å². The van der Waals surface area contributed by atoms with Gasteiger partial charge in [-0.3, -0.25) is 19.2 Å². The Hall–Kier alpha value is -3.20. The number of likely N-dealkylation sites (tertiary alicyclic amines) is 2. The molecule has 3 heterocycles. The summed E-state index contributed by atoms with van der Waals surface area (Å²) in [5.41, 5.74) is 2.10. The van der Waals surface area contributed by atoms with Crippen LogP contribution in [0.25, 0.3) is 0 Å². The Morgan fingerprint density at radius 2 is 1.76 bits per heavy atom. The Morgan fingerprint density at radius 3 is 2.35 bits per heavy atom. The van der Waals surface area contributed by atoms with Gasteiger partial charge in [-0.2, -0.15) is 11.3 Å². The van der Waals surface area contributed by atoms with E-state index >= 15 is 0 Å². The van der Waals surface area contributed by atoms with Crippen LogP contribution in [0.15, 0.2) is 41.1 Å². The molecule has 37 heavy (non-hydrogen) atoms. The molecule has 0 aliphatic carbocycles. The molecule has 3 atom stereocenters. The molecule has 2 aliphatic heterocycles. The van der Waals surface area contributed by atoms with E-state index in [0.29, 0.717) is 30.5 Å². The standard InChI is InChI=1S/C28H36N4O4S/c1-5-30(6-2)21-9-7-19(8-10-21)26(34)29-22(15-18(3)4)28(36)31-13-11-23-25(31)24(33)16-32(23)27(35)20-12-14-37-17-20/h7-10,12,14,17-18,22-23,25H,5-6,11,13,15-16H2,1-4H3,(H,29,34). The third-order valence-electron chi connectivity index (χ3n) is 7.30. The number of amides is 3. The lowest BCUT2D eigenvalue weighted by atomic mass is 10.0. The normalized spacial score (nSPS) is 19.8. The summed E-state index contributed by atoms with van der Waals surface area (Å²) in [5, 5.41) is 6.55. The predicted molar refractivity (Wildman–Crippen MR) is 145 cm³/mol. The van der Waals surface area contributed by atoms with Gasteiger partial charge in [-0.15, -0.1) is 0 Å². The highest BCUT2D eigenvalue weighted by Crippen LogP contribution is 2.32. The lowest BCUT2D eigenvalue weighted by Crippen LogP contribution is -2.53. The van der Waals surface area contributed by atoms with E-state index in [1.165, 1.54) is 11.3 Å². The van der Waals surface area contributed by atoms with Crippen molar-refractivity contribution in [3.05, 3.63) is 52.2 Å². The molecule has 2 fully saturated rings. The van der Waals surface area contributed by atoms with Crippen LogP contribution in [0.1, 0.15) is 61.3 Å².